The second kappa shape index (κ2) is 5.81. The summed E-state index contributed by atoms with van der Waals surface area (Å²) in [7, 11) is -3.76. The molecule has 1 aromatic heterocycles. The molecule has 5 nitrogen and oxygen atoms in total. The van der Waals surface area contributed by atoms with Crippen molar-refractivity contribution in [2.75, 3.05) is 0 Å². The molecule has 7 heteroatoms. The van der Waals surface area contributed by atoms with Crippen LogP contribution in [0.4, 0.5) is 0 Å². The van der Waals surface area contributed by atoms with Gasteiger partial charge in [-0.1, -0.05) is 13.3 Å². The third kappa shape index (κ3) is 3.54. The molecule has 0 aromatic carbocycles. The van der Waals surface area contributed by atoms with Crippen LogP contribution >= 0.6 is 11.3 Å². The zero-order chi connectivity index (χ0) is 13.9. The standard InChI is InChI=1S/C11H17NO4S2/c1-4-5-9(11(13)14)12-18(15,16)10-6-7(2)17-8(10)3/h6,9,12H,4-5H2,1-3H3,(H,13,14)/t9-/m1/s1. The number of aliphatic carboxylic acids is 1. The van der Waals surface area contributed by atoms with Gasteiger partial charge in [0, 0.05) is 9.75 Å². The number of aryl methyl sites for hydroxylation is 2. The summed E-state index contributed by atoms with van der Waals surface area (Å²) in [6.07, 6.45) is 0.873. The van der Waals surface area contributed by atoms with Crippen molar-refractivity contribution in [3.8, 4) is 0 Å². The van der Waals surface area contributed by atoms with Gasteiger partial charge in [0.15, 0.2) is 0 Å². The van der Waals surface area contributed by atoms with Crippen LogP contribution < -0.4 is 4.72 Å². The maximum Gasteiger partial charge on any atom is 0.321 e. The fourth-order valence-corrected chi connectivity index (χ4v) is 4.43. The fraction of sp³-hybridized carbons (Fsp3) is 0.545. The molecule has 18 heavy (non-hydrogen) atoms. The molecule has 1 rings (SSSR count). The number of hydrogen-bond donors (Lipinski definition) is 2. The molecular formula is C11H17NO4S2. The van der Waals surface area contributed by atoms with Crippen molar-refractivity contribution in [3.63, 3.8) is 0 Å². The molecule has 0 spiro atoms. The van der Waals surface area contributed by atoms with Gasteiger partial charge in [0.05, 0.1) is 4.90 Å². The van der Waals surface area contributed by atoms with Crippen LogP contribution in [0.3, 0.4) is 0 Å². The van der Waals surface area contributed by atoms with Gasteiger partial charge in [0.2, 0.25) is 10.0 Å². The van der Waals surface area contributed by atoms with Crippen molar-refractivity contribution in [1.29, 1.82) is 0 Å². The van der Waals surface area contributed by atoms with Gasteiger partial charge in [-0.25, -0.2) is 8.42 Å². The first kappa shape index (κ1) is 15.1. The Balaban J connectivity index is 3.00. The van der Waals surface area contributed by atoms with Crippen molar-refractivity contribution in [1.82, 2.24) is 4.72 Å². The van der Waals surface area contributed by atoms with E-state index in [9.17, 15) is 13.2 Å². The maximum atomic E-state index is 12.1. The van der Waals surface area contributed by atoms with E-state index in [1.54, 1.807) is 13.0 Å². The highest BCUT2D eigenvalue weighted by atomic mass is 32.2. The summed E-state index contributed by atoms with van der Waals surface area (Å²) < 4.78 is 26.4. The molecule has 2 N–H and O–H groups in total. The van der Waals surface area contributed by atoms with Crippen LogP contribution in [0.2, 0.25) is 0 Å². The fourth-order valence-electron chi connectivity index (χ4n) is 1.65. The third-order valence-electron chi connectivity index (χ3n) is 2.46. The molecule has 0 unspecified atom stereocenters. The quantitative estimate of drug-likeness (QED) is 0.838. The minimum absolute atomic E-state index is 0.173. The Morgan fingerprint density at radius 1 is 1.50 bits per heavy atom. The van der Waals surface area contributed by atoms with Crippen LogP contribution in [0.1, 0.15) is 29.5 Å². The minimum Gasteiger partial charge on any atom is -0.480 e. The molecule has 102 valence electrons. The van der Waals surface area contributed by atoms with E-state index in [1.807, 2.05) is 13.8 Å². The summed E-state index contributed by atoms with van der Waals surface area (Å²) in [6.45, 7) is 5.34. The number of sulfonamides is 1. The zero-order valence-electron chi connectivity index (χ0n) is 10.6. The van der Waals surface area contributed by atoms with E-state index >= 15 is 0 Å². The lowest BCUT2D eigenvalue weighted by molar-refractivity contribution is -0.139. The van der Waals surface area contributed by atoms with E-state index in [2.05, 4.69) is 4.72 Å². The molecule has 0 saturated heterocycles. The molecule has 0 amide bonds. The SMILES string of the molecule is CCC[C@@H](NS(=O)(=O)c1cc(C)sc1C)C(=O)O. The second-order valence-corrected chi connectivity index (χ2v) is 7.22. The van der Waals surface area contributed by atoms with E-state index in [1.165, 1.54) is 11.3 Å². The molecule has 0 aliphatic heterocycles. The van der Waals surface area contributed by atoms with E-state index in [0.717, 1.165) is 4.88 Å². The third-order valence-corrected chi connectivity index (χ3v) is 5.15. The number of thiophene rings is 1. The van der Waals surface area contributed by atoms with Crippen molar-refractivity contribution in [2.45, 2.75) is 44.6 Å². The number of nitrogens with one attached hydrogen (secondary N) is 1. The monoisotopic (exact) mass is 291 g/mol. The molecule has 1 aromatic rings. The predicted octanol–water partition coefficient (Wildman–Crippen LogP) is 1.90. The van der Waals surface area contributed by atoms with Crippen molar-refractivity contribution < 1.29 is 18.3 Å². The lowest BCUT2D eigenvalue weighted by atomic mass is 10.2. The first-order chi connectivity index (χ1) is 8.27. The van der Waals surface area contributed by atoms with Gasteiger partial charge < -0.3 is 5.11 Å². The molecule has 0 aliphatic carbocycles. The molecule has 1 heterocycles. The predicted molar refractivity (Wildman–Crippen MR) is 70.4 cm³/mol. The smallest absolute Gasteiger partial charge is 0.321 e. The average molecular weight is 291 g/mol. The second-order valence-electron chi connectivity index (χ2n) is 4.08. The Morgan fingerprint density at radius 3 is 2.50 bits per heavy atom. The van der Waals surface area contributed by atoms with Gasteiger partial charge in [-0.3, -0.25) is 4.79 Å². The van der Waals surface area contributed by atoms with Crippen LogP contribution in [0.15, 0.2) is 11.0 Å². The summed E-state index contributed by atoms with van der Waals surface area (Å²) in [5.41, 5.74) is 0. The zero-order valence-corrected chi connectivity index (χ0v) is 12.2. The Hall–Kier alpha value is -0.920. The van der Waals surface area contributed by atoms with Gasteiger partial charge in [-0.15, -0.1) is 11.3 Å². The van der Waals surface area contributed by atoms with E-state index in [4.69, 9.17) is 5.11 Å². The number of rotatable bonds is 6. The summed E-state index contributed by atoms with van der Waals surface area (Å²) in [4.78, 5) is 12.7. The molecular weight excluding hydrogens is 274 g/mol. The molecule has 0 radical (unpaired) electrons. The molecule has 0 fully saturated rings. The van der Waals surface area contributed by atoms with E-state index in [-0.39, 0.29) is 11.3 Å². The first-order valence-corrected chi connectivity index (χ1v) is 7.90. The van der Waals surface area contributed by atoms with Crippen LogP contribution in [-0.4, -0.2) is 25.5 Å². The molecule has 0 saturated carbocycles. The number of carboxylic acid groups (broad SMARTS) is 1. The Bertz CT molecular complexity index is 533. The Labute approximate surface area is 111 Å². The largest absolute Gasteiger partial charge is 0.480 e. The highest BCUT2D eigenvalue weighted by Crippen LogP contribution is 2.25. The number of carbonyl (C=O) groups is 1. The van der Waals surface area contributed by atoms with Crippen LogP contribution in [-0.2, 0) is 14.8 Å². The maximum absolute atomic E-state index is 12.1. The summed E-state index contributed by atoms with van der Waals surface area (Å²) in [6, 6.07) is 0.493. The summed E-state index contributed by atoms with van der Waals surface area (Å²) >= 11 is 1.38. The van der Waals surface area contributed by atoms with Crippen LogP contribution in [0.5, 0.6) is 0 Å². The summed E-state index contributed by atoms with van der Waals surface area (Å²) in [5, 5.41) is 8.96. The van der Waals surface area contributed by atoms with Gasteiger partial charge in [0.25, 0.3) is 0 Å². The highest BCUT2D eigenvalue weighted by molar-refractivity contribution is 7.89. The lowest BCUT2D eigenvalue weighted by Crippen LogP contribution is -2.40. The van der Waals surface area contributed by atoms with Gasteiger partial charge in [-0.05, 0) is 26.3 Å². The number of carboxylic acids is 1. The minimum atomic E-state index is -3.76. The van der Waals surface area contributed by atoms with Crippen molar-refractivity contribution in [3.05, 3.63) is 15.8 Å². The Kier molecular flexibility index (Phi) is 4.89. The van der Waals surface area contributed by atoms with Crippen molar-refractivity contribution >= 4 is 27.3 Å². The molecule has 0 bridgehead atoms. The summed E-state index contributed by atoms with van der Waals surface area (Å²) in [5.74, 6) is -1.15. The molecule has 1 atom stereocenters. The molecule has 0 aliphatic rings. The Morgan fingerprint density at radius 2 is 2.11 bits per heavy atom. The van der Waals surface area contributed by atoms with Gasteiger partial charge >= 0.3 is 5.97 Å². The van der Waals surface area contributed by atoms with Crippen LogP contribution in [0.25, 0.3) is 0 Å². The van der Waals surface area contributed by atoms with E-state index < -0.39 is 22.0 Å². The first-order valence-electron chi connectivity index (χ1n) is 5.60. The number of hydrogen-bond acceptors (Lipinski definition) is 4. The average Bonchev–Trinajstić information content (AvgIpc) is 2.57. The van der Waals surface area contributed by atoms with Crippen molar-refractivity contribution in [2.24, 2.45) is 0 Å². The van der Waals surface area contributed by atoms with Gasteiger partial charge in [-0.2, -0.15) is 4.72 Å². The topological polar surface area (TPSA) is 83.5 Å². The normalized spacial score (nSPS) is 13.5. The highest BCUT2D eigenvalue weighted by Gasteiger charge is 2.26. The van der Waals surface area contributed by atoms with Crippen LogP contribution in [0, 0.1) is 13.8 Å². The lowest BCUT2D eigenvalue weighted by Gasteiger charge is -2.13. The van der Waals surface area contributed by atoms with Gasteiger partial charge in [0.1, 0.15) is 6.04 Å². The van der Waals surface area contributed by atoms with E-state index in [0.29, 0.717) is 11.3 Å².